The molecular weight excluding hydrogens is 268 g/mol. The van der Waals surface area contributed by atoms with Crippen molar-refractivity contribution in [1.82, 2.24) is 0 Å². The van der Waals surface area contributed by atoms with E-state index in [1.165, 1.54) is 38.5 Å². The SMILES string of the molecule is CCCCC/C=C\CC/C=C\CC(CCCC)C(=O)C1CC1. The van der Waals surface area contributed by atoms with Gasteiger partial charge in [-0.1, -0.05) is 63.8 Å². The normalized spacial score (nSPS) is 16.6. The number of unbranched alkanes of at least 4 members (excludes halogenated alkanes) is 5. The van der Waals surface area contributed by atoms with Crippen LogP contribution < -0.4 is 0 Å². The van der Waals surface area contributed by atoms with Crippen molar-refractivity contribution < 1.29 is 4.79 Å². The van der Waals surface area contributed by atoms with Gasteiger partial charge in [0.05, 0.1) is 0 Å². The molecule has 0 heterocycles. The molecule has 0 amide bonds. The summed E-state index contributed by atoms with van der Waals surface area (Å²) >= 11 is 0. The average Bonchev–Trinajstić information content (AvgIpc) is 3.36. The lowest BCUT2D eigenvalue weighted by Gasteiger charge is -2.12. The summed E-state index contributed by atoms with van der Waals surface area (Å²) in [5.41, 5.74) is 0. The van der Waals surface area contributed by atoms with Crippen molar-refractivity contribution >= 4 is 5.78 Å². The summed E-state index contributed by atoms with van der Waals surface area (Å²) in [5, 5.41) is 0. The highest BCUT2D eigenvalue weighted by Crippen LogP contribution is 2.34. The van der Waals surface area contributed by atoms with E-state index in [4.69, 9.17) is 0 Å². The van der Waals surface area contributed by atoms with Crippen LogP contribution in [-0.2, 0) is 4.79 Å². The number of Topliss-reactive ketones (excluding diaryl/α,β-unsaturated/α-hetero) is 1. The summed E-state index contributed by atoms with van der Waals surface area (Å²) in [5.74, 6) is 1.27. The third-order valence-corrected chi connectivity index (χ3v) is 4.52. The van der Waals surface area contributed by atoms with Crippen molar-refractivity contribution in [3.05, 3.63) is 24.3 Å². The molecule has 1 nitrogen and oxygen atoms in total. The van der Waals surface area contributed by atoms with Gasteiger partial charge >= 0.3 is 0 Å². The summed E-state index contributed by atoms with van der Waals surface area (Å²) in [6.07, 6.45) is 23.4. The minimum atomic E-state index is 0.299. The number of carbonyl (C=O) groups excluding carboxylic acids is 1. The molecule has 0 N–H and O–H groups in total. The molecule has 0 aromatic carbocycles. The second-order valence-corrected chi connectivity index (χ2v) is 6.77. The van der Waals surface area contributed by atoms with E-state index >= 15 is 0 Å². The summed E-state index contributed by atoms with van der Waals surface area (Å²) in [6, 6.07) is 0. The molecule has 0 bridgehead atoms. The fourth-order valence-corrected chi connectivity index (χ4v) is 2.85. The van der Waals surface area contributed by atoms with Crippen molar-refractivity contribution in [2.45, 2.75) is 90.9 Å². The first kappa shape index (κ1) is 19.2. The lowest BCUT2D eigenvalue weighted by atomic mass is 9.91. The van der Waals surface area contributed by atoms with Crippen molar-refractivity contribution in [2.24, 2.45) is 11.8 Å². The van der Waals surface area contributed by atoms with E-state index in [9.17, 15) is 4.79 Å². The van der Waals surface area contributed by atoms with Crippen LogP contribution in [0.25, 0.3) is 0 Å². The highest BCUT2D eigenvalue weighted by Gasteiger charge is 2.33. The quantitative estimate of drug-likeness (QED) is 0.260. The zero-order chi connectivity index (χ0) is 16.0. The molecule has 1 aliphatic carbocycles. The number of ketones is 1. The predicted octanol–water partition coefficient (Wildman–Crippen LogP) is 6.63. The second-order valence-electron chi connectivity index (χ2n) is 6.77. The standard InChI is InChI=1S/C21H36O/c1-3-5-7-8-9-10-11-12-13-14-16-19(15-6-4-2)21(22)20-17-18-20/h9-10,13-14,19-20H,3-8,11-12,15-18H2,1-2H3/b10-9-,14-13-. The molecular formula is C21H36O. The predicted molar refractivity (Wildman–Crippen MR) is 97.0 cm³/mol. The molecule has 0 aromatic heterocycles. The van der Waals surface area contributed by atoms with Gasteiger partial charge in [-0.05, 0) is 51.4 Å². The zero-order valence-electron chi connectivity index (χ0n) is 14.9. The molecule has 126 valence electrons. The zero-order valence-corrected chi connectivity index (χ0v) is 14.9. The molecule has 1 aliphatic rings. The molecule has 0 aliphatic heterocycles. The van der Waals surface area contributed by atoms with Gasteiger partial charge in [0, 0.05) is 11.8 Å². The maximum absolute atomic E-state index is 12.3. The average molecular weight is 305 g/mol. The van der Waals surface area contributed by atoms with Gasteiger partial charge < -0.3 is 0 Å². The maximum Gasteiger partial charge on any atom is 0.139 e. The van der Waals surface area contributed by atoms with Gasteiger partial charge in [-0.15, -0.1) is 0 Å². The van der Waals surface area contributed by atoms with Crippen LogP contribution in [0, 0.1) is 11.8 Å². The minimum Gasteiger partial charge on any atom is -0.299 e. The highest BCUT2D eigenvalue weighted by molar-refractivity contribution is 5.85. The van der Waals surface area contributed by atoms with Crippen LogP contribution in [-0.4, -0.2) is 5.78 Å². The third kappa shape index (κ3) is 9.23. The Bertz CT molecular complexity index is 336. The Kier molecular flexibility index (Phi) is 11.1. The van der Waals surface area contributed by atoms with Gasteiger partial charge in [-0.2, -0.15) is 0 Å². The van der Waals surface area contributed by atoms with Gasteiger partial charge in [0.15, 0.2) is 0 Å². The number of rotatable bonds is 14. The Morgan fingerprint density at radius 1 is 0.909 bits per heavy atom. The Hall–Kier alpha value is -0.850. The fraction of sp³-hybridized carbons (Fsp3) is 0.762. The Morgan fingerprint density at radius 2 is 1.55 bits per heavy atom. The van der Waals surface area contributed by atoms with Gasteiger partial charge in [-0.25, -0.2) is 0 Å². The van der Waals surface area contributed by atoms with Crippen LogP contribution in [0.2, 0.25) is 0 Å². The largest absolute Gasteiger partial charge is 0.299 e. The van der Waals surface area contributed by atoms with Crippen molar-refractivity contribution in [2.75, 3.05) is 0 Å². The number of hydrogen-bond donors (Lipinski definition) is 0. The first-order valence-electron chi connectivity index (χ1n) is 9.63. The van der Waals surface area contributed by atoms with Gasteiger partial charge in [-0.3, -0.25) is 4.79 Å². The van der Waals surface area contributed by atoms with E-state index in [-0.39, 0.29) is 0 Å². The molecule has 1 heteroatoms. The summed E-state index contributed by atoms with van der Waals surface area (Å²) < 4.78 is 0. The summed E-state index contributed by atoms with van der Waals surface area (Å²) in [6.45, 7) is 4.46. The molecule has 1 atom stereocenters. The first-order valence-corrected chi connectivity index (χ1v) is 9.63. The minimum absolute atomic E-state index is 0.299. The van der Waals surface area contributed by atoms with Crippen molar-refractivity contribution in [3.8, 4) is 0 Å². The van der Waals surface area contributed by atoms with E-state index in [0.717, 1.165) is 38.5 Å². The molecule has 22 heavy (non-hydrogen) atoms. The van der Waals surface area contributed by atoms with Gasteiger partial charge in [0.1, 0.15) is 5.78 Å². The van der Waals surface area contributed by atoms with Crippen LogP contribution in [0.4, 0.5) is 0 Å². The van der Waals surface area contributed by atoms with Gasteiger partial charge in [0.25, 0.3) is 0 Å². The van der Waals surface area contributed by atoms with Crippen molar-refractivity contribution in [1.29, 1.82) is 0 Å². The van der Waals surface area contributed by atoms with Crippen LogP contribution in [0.1, 0.15) is 90.9 Å². The number of carbonyl (C=O) groups is 1. The maximum atomic E-state index is 12.3. The number of allylic oxidation sites excluding steroid dienone is 4. The van der Waals surface area contributed by atoms with Crippen LogP contribution in [0.15, 0.2) is 24.3 Å². The molecule has 1 unspecified atom stereocenters. The van der Waals surface area contributed by atoms with E-state index in [2.05, 4.69) is 38.2 Å². The Labute approximate surface area is 138 Å². The summed E-state index contributed by atoms with van der Waals surface area (Å²) in [7, 11) is 0. The van der Waals surface area contributed by atoms with E-state index in [0.29, 0.717) is 17.6 Å². The van der Waals surface area contributed by atoms with Crippen molar-refractivity contribution in [3.63, 3.8) is 0 Å². The first-order chi connectivity index (χ1) is 10.8. The van der Waals surface area contributed by atoms with Gasteiger partial charge in [0.2, 0.25) is 0 Å². The van der Waals surface area contributed by atoms with Crippen LogP contribution in [0.3, 0.4) is 0 Å². The topological polar surface area (TPSA) is 17.1 Å². The van der Waals surface area contributed by atoms with E-state index < -0.39 is 0 Å². The molecule has 1 saturated carbocycles. The molecule has 0 spiro atoms. The molecule has 0 aromatic rings. The lowest BCUT2D eigenvalue weighted by molar-refractivity contribution is -0.124. The molecule has 1 fully saturated rings. The third-order valence-electron chi connectivity index (χ3n) is 4.52. The smallest absolute Gasteiger partial charge is 0.139 e. The molecule has 0 saturated heterocycles. The monoisotopic (exact) mass is 304 g/mol. The lowest BCUT2D eigenvalue weighted by Crippen LogP contribution is -2.15. The molecule has 1 rings (SSSR count). The number of hydrogen-bond acceptors (Lipinski definition) is 1. The fourth-order valence-electron chi connectivity index (χ4n) is 2.85. The summed E-state index contributed by atoms with van der Waals surface area (Å²) in [4.78, 5) is 12.3. The van der Waals surface area contributed by atoms with Crippen LogP contribution in [0.5, 0.6) is 0 Å². The van der Waals surface area contributed by atoms with E-state index in [1.54, 1.807) is 0 Å². The Balaban J connectivity index is 2.13. The van der Waals surface area contributed by atoms with E-state index in [1.807, 2.05) is 0 Å². The second kappa shape index (κ2) is 12.7. The van der Waals surface area contributed by atoms with Crippen LogP contribution >= 0.6 is 0 Å². The highest BCUT2D eigenvalue weighted by atomic mass is 16.1. The molecule has 0 radical (unpaired) electrons. The Morgan fingerprint density at radius 3 is 2.18 bits per heavy atom.